The first-order chi connectivity index (χ1) is 10.6. The Morgan fingerprint density at radius 1 is 1.17 bits per heavy atom. The number of nitrogens with zero attached hydrogens (tertiary/aromatic N) is 1. The molecule has 1 rings (SSSR count). The lowest BCUT2D eigenvalue weighted by Crippen LogP contribution is -2.42. The summed E-state index contributed by atoms with van der Waals surface area (Å²) in [7, 11) is -3.21. The summed E-state index contributed by atoms with van der Waals surface area (Å²) in [6, 6.07) is 3.94. The number of carbonyl (C=O) groups excluding carboxylic acids is 1. The van der Waals surface area contributed by atoms with Crippen molar-refractivity contribution in [3.05, 3.63) is 34.9 Å². The second-order valence-electron chi connectivity index (χ2n) is 5.53. The first kappa shape index (κ1) is 19.2. The Morgan fingerprint density at radius 2 is 1.74 bits per heavy atom. The number of carbonyl (C=O) groups is 2. The predicted octanol–water partition coefficient (Wildman–Crippen LogP) is 1.98. The van der Waals surface area contributed by atoms with E-state index >= 15 is 0 Å². The van der Waals surface area contributed by atoms with Crippen LogP contribution in [0.25, 0.3) is 0 Å². The Kier molecular flexibility index (Phi) is 6.32. The maximum absolute atomic E-state index is 12.7. The van der Waals surface area contributed by atoms with Gasteiger partial charge in [0.05, 0.1) is 11.3 Å². The Morgan fingerprint density at radius 3 is 2.22 bits per heavy atom. The average molecular weight is 341 g/mol. The third-order valence-corrected chi connectivity index (χ3v) is 5.51. The highest BCUT2D eigenvalue weighted by Gasteiger charge is 2.24. The van der Waals surface area contributed by atoms with Crippen molar-refractivity contribution >= 4 is 21.7 Å². The quantitative estimate of drug-likeness (QED) is 0.819. The van der Waals surface area contributed by atoms with E-state index in [0.717, 1.165) is 0 Å². The molecule has 128 valence electrons. The summed E-state index contributed by atoms with van der Waals surface area (Å²) in [6.45, 7) is 7.07. The molecule has 1 amide bonds. The number of sulfone groups is 1. The van der Waals surface area contributed by atoms with Crippen molar-refractivity contribution in [2.45, 2.75) is 33.7 Å². The molecule has 0 aliphatic rings. The fourth-order valence-electron chi connectivity index (χ4n) is 2.43. The van der Waals surface area contributed by atoms with E-state index in [2.05, 4.69) is 0 Å². The van der Waals surface area contributed by atoms with Crippen molar-refractivity contribution in [2.24, 2.45) is 0 Å². The number of hydrogen-bond acceptors (Lipinski definition) is 4. The van der Waals surface area contributed by atoms with Gasteiger partial charge in [0, 0.05) is 23.9 Å². The van der Waals surface area contributed by atoms with Crippen LogP contribution in [0.1, 0.15) is 47.1 Å². The van der Waals surface area contributed by atoms with Crippen LogP contribution < -0.4 is 0 Å². The highest BCUT2D eigenvalue weighted by molar-refractivity contribution is 7.91. The summed E-state index contributed by atoms with van der Waals surface area (Å²) in [4.78, 5) is 25.2. The topological polar surface area (TPSA) is 91.8 Å². The second-order valence-corrected chi connectivity index (χ2v) is 7.93. The molecule has 0 heterocycles. The molecular formula is C16H23NO5S. The molecule has 23 heavy (non-hydrogen) atoms. The lowest BCUT2D eigenvalue weighted by Gasteiger charge is -2.28. The largest absolute Gasteiger partial charge is 0.478 e. The van der Waals surface area contributed by atoms with Crippen LogP contribution >= 0.6 is 0 Å². The number of aromatic carboxylic acids is 1. The minimum Gasteiger partial charge on any atom is -0.478 e. The summed E-state index contributed by atoms with van der Waals surface area (Å²) >= 11 is 0. The summed E-state index contributed by atoms with van der Waals surface area (Å²) in [5.41, 5.74) is 0.960. The van der Waals surface area contributed by atoms with E-state index in [0.29, 0.717) is 12.1 Å². The minimum atomic E-state index is -3.21. The fourth-order valence-corrected chi connectivity index (χ4v) is 3.58. The normalized spacial score (nSPS) is 12.7. The van der Waals surface area contributed by atoms with Gasteiger partial charge in [0.25, 0.3) is 5.91 Å². The van der Waals surface area contributed by atoms with E-state index in [9.17, 15) is 18.0 Å². The van der Waals surface area contributed by atoms with Crippen LogP contribution in [-0.2, 0) is 9.84 Å². The molecule has 0 saturated heterocycles. The monoisotopic (exact) mass is 341 g/mol. The van der Waals surface area contributed by atoms with E-state index in [1.165, 1.54) is 17.0 Å². The third kappa shape index (κ3) is 5.06. The molecule has 0 aliphatic carbocycles. The van der Waals surface area contributed by atoms with Crippen LogP contribution in [0.5, 0.6) is 0 Å². The van der Waals surface area contributed by atoms with Gasteiger partial charge in [0.2, 0.25) is 0 Å². The average Bonchev–Trinajstić information content (AvgIpc) is 2.46. The van der Waals surface area contributed by atoms with E-state index in [1.54, 1.807) is 33.8 Å². The molecule has 7 heteroatoms. The molecular weight excluding hydrogens is 318 g/mol. The fraction of sp³-hybridized carbons (Fsp3) is 0.500. The zero-order valence-electron chi connectivity index (χ0n) is 13.9. The Balaban J connectivity index is 3.12. The van der Waals surface area contributed by atoms with E-state index < -0.39 is 21.8 Å². The Hall–Kier alpha value is -1.89. The molecule has 0 radical (unpaired) electrons. The summed E-state index contributed by atoms with van der Waals surface area (Å²) in [6.07, 6.45) is 0. The lowest BCUT2D eigenvalue weighted by atomic mass is 10.0. The van der Waals surface area contributed by atoms with Gasteiger partial charge in [-0.1, -0.05) is 6.92 Å². The molecule has 0 fully saturated rings. The maximum atomic E-state index is 12.7. The van der Waals surface area contributed by atoms with Gasteiger partial charge in [-0.2, -0.15) is 0 Å². The SMILES string of the molecule is CCN(C(=O)c1cc(C)cc(C(=O)O)c1)C(C)CS(=O)(=O)CC. The molecule has 0 aromatic heterocycles. The zero-order chi connectivity index (χ0) is 17.8. The van der Waals surface area contributed by atoms with Gasteiger partial charge in [0.1, 0.15) is 0 Å². The minimum absolute atomic E-state index is 0.0245. The van der Waals surface area contributed by atoms with Crippen molar-refractivity contribution in [3.8, 4) is 0 Å². The second kappa shape index (κ2) is 7.59. The van der Waals surface area contributed by atoms with Crippen LogP contribution in [0.3, 0.4) is 0 Å². The molecule has 0 saturated carbocycles. The molecule has 0 spiro atoms. The Bertz CT molecular complexity index is 696. The molecule has 1 aromatic rings. The van der Waals surface area contributed by atoms with Gasteiger partial charge in [-0.25, -0.2) is 13.2 Å². The van der Waals surface area contributed by atoms with Crippen molar-refractivity contribution < 1.29 is 23.1 Å². The molecule has 1 aromatic carbocycles. The molecule has 6 nitrogen and oxygen atoms in total. The lowest BCUT2D eigenvalue weighted by molar-refractivity contribution is 0.0696. The van der Waals surface area contributed by atoms with Gasteiger partial charge >= 0.3 is 5.97 Å². The van der Waals surface area contributed by atoms with Gasteiger partial charge in [0.15, 0.2) is 9.84 Å². The van der Waals surface area contributed by atoms with Crippen LogP contribution in [-0.4, -0.2) is 54.4 Å². The molecule has 1 atom stereocenters. The number of amides is 1. The van der Waals surface area contributed by atoms with Gasteiger partial charge in [-0.15, -0.1) is 0 Å². The summed E-state index contributed by atoms with van der Waals surface area (Å²) in [5.74, 6) is -1.55. The van der Waals surface area contributed by atoms with Crippen LogP contribution in [0.4, 0.5) is 0 Å². The molecule has 1 N–H and O–H groups in total. The first-order valence-corrected chi connectivity index (χ1v) is 9.29. The number of aryl methyl sites for hydroxylation is 1. The van der Waals surface area contributed by atoms with Crippen LogP contribution in [0.15, 0.2) is 18.2 Å². The van der Waals surface area contributed by atoms with Crippen molar-refractivity contribution in [1.29, 1.82) is 0 Å². The van der Waals surface area contributed by atoms with Crippen molar-refractivity contribution in [1.82, 2.24) is 4.90 Å². The highest BCUT2D eigenvalue weighted by atomic mass is 32.2. The Labute approximate surface area is 137 Å². The number of benzene rings is 1. The van der Waals surface area contributed by atoms with E-state index in [1.807, 2.05) is 0 Å². The summed E-state index contributed by atoms with van der Waals surface area (Å²) < 4.78 is 23.5. The van der Waals surface area contributed by atoms with Crippen LogP contribution in [0, 0.1) is 6.92 Å². The van der Waals surface area contributed by atoms with Gasteiger partial charge in [-0.05, 0) is 44.5 Å². The van der Waals surface area contributed by atoms with Crippen molar-refractivity contribution in [3.63, 3.8) is 0 Å². The number of carboxylic acid groups (broad SMARTS) is 1. The molecule has 1 unspecified atom stereocenters. The first-order valence-electron chi connectivity index (χ1n) is 7.47. The standard InChI is InChI=1S/C16H23NO5S/c1-5-17(12(4)10-23(21,22)6-2)15(18)13-7-11(3)8-14(9-13)16(19)20/h7-9,12H,5-6,10H2,1-4H3,(H,19,20). The zero-order valence-corrected chi connectivity index (χ0v) is 14.7. The smallest absolute Gasteiger partial charge is 0.335 e. The van der Waals surface area contributed by atoms with E-state index in [4.69, 9.17) is 5.11 Å². The number of rotatable bonds is 7. The third-order valence-electron chi connectivity index (χ3n) is 3.64. The molecule has 0 bridgehead atoms. The maximum Gasteiger partial charge on any atom is 0.335 e. The van der Waals surface area contributed by atoms with E-state index in [-0.39, 0.29) is 28.5 Å². The predicted molar refractivity (Wildman–Crippen MR) is 88.6 cm³/mol. The van der Waals surface area contributed by atoms with Crippen LogP contribution in [0.2, 0.25) is 0 Å². The highest BCUT2D eigenvalue weighted by Crippen LogP contribution is 2.15. The van der Waals surface area contributed by atoms with Crippen molar-refractivity contribution in [2.75, 3.05) is 18.1 Å². The molecule has 0 aliphatic heterocycles. The number of hydrogen-bond donors (Lipinski definition) is 1. The number of carboxylic acids is 1. The summed E-state index contributed by atoms with van der Waals surface area (Å²) in [5, 5.41) is 9.10. The van der Waals surface area contributed by atoms with Gasteiger partial charge < -0.3 is 10.0 Å². The van der Waals surface area contributed by atoms with Gasteiger partial charge in [-0.3, -0.25) is 4.79 Å².